The number of carbonyl (C=O) groups is 4. The van der Waals surface area contributed by atoms with Crippen LogP contribution in [-0.2, 0) is 38.1 Å². The van der Waals surface area contributed by atoms with Gasteiger partial charge in [-0.1, -0.05) is 66.7 Å². The monoisotopic (exact) mass is 544 g/mol. The molecular weight excluding hydrogens is 512 g/mol. The number of hydrogen-bond donors (Lipinski definition) is 0. The van der Waals surface area contributed by atoms with Crippen molar-refractivity contribution in [1.82, 2.24) is 0 Å². The highest BCUT2D eigenvalue weighted by Crippen LogP contribution is 2.79. The molecule has 2 aromatic carbocycles. The number of benzene rings is 2. The van der Waals surface area contributed by atoms with Crippen molar-refractivity contribution in [2.45, 2.75) is 25.2 Å². The van der Waals surface area contributed by atoms with Crippen LogP contribution in [0.2, 0.25) is 0 Å². The summed E-state index contributed by atoms with van der Waals surface area (Å²) in [5, 5.41) is 0. The second-order valence-corrected chi connectivity index (χ2v) is 10.4. The summed E-state index contributed by atoms with van der Waals surface area (Å²) in [6.07, 6.45) is 2.52. The Morgan fingerprint density at radius 1 is 0.725 bits per heavy atom. The summed E-state index contributed by atoms with van der Waals surface area (Å²) in [7, 11) is 5.25. The molecule has 8 heteroatoms. The normalized spacial score (nSPS) is 28.6. The lowest BCUT2D eigenvalue weighted by atomic mass is 9.29. The molecule has 0 amide bonds. The molecule has 40 heavy (non-hydrogen) atoms. The van der Waals surface area contributed by atoms with Crippen molar-refractivity contribution in [3.8, 4) is 0 Å². The van der Waals surface area contributed by atoms with Crippen LogP contribution in [0.5, 0.6) is 0 Å². The second-order valence-electron chi connectivity index (χ2n) is 10.4. The van der Waals surface area contributed by atoms with Gasteiger partial charge in [-0.05, 0) is 41.9 Å². The molecule has 0 saturated heterocycles. The molecule has 0 aromatic heterocycles. The second kappa shape index (κ2) is 10.4. The Morgan fingerprint density at radius 2 is 1.32 bits per heavy atom. The molecular formula is C32H32O8. The summed E-state index contributed by atoms with van der Waals surface area (Å²) in [6.45, 7) is 0. The number of rotatable bonds is 6. The van der Waals surface area contributed by atoms with Crippen LogP contribution in [0, 0.1) is 22.7 Å². The van der Waals surface area contributed by atoms with E-state index in [-0.39, 0.29) is 12.8 Å². The third kappa shape index (κ3) is 3.51. The first-order chi connectivity index (χ1) is 19.3. The molecule has 0 bridgehead atoms. The average molecular weight is 545 g/mol. The van der Waals surface area contributed by atoms with E-state index in [1.54, 1.807) is 6.08 Å². The lowest BCUT2D eigenvalue weighted by molar-refractivity contribution is -0.225. The molecule has 1 saturated carbocycles. The zero-order chi connectivity index (χ0) is 28.7. The Hall–Kier alpha value is -4.20. The predicted molar refractivity (Wildman–Crippen MR) is 144 cm³/mol. The fourth-order valence-corrected chi connectivity index (χ4v) is 7.92. The molecule has 3 aliphatic carbocycles. The molecule has 0 radical (unpaired) electrons. The van der Waals surface area contributed by atoms with Crippen LogP contribution in [0.4, 0.5) is 0 Å². The summed E-state index contributed by atoms with van der Waals surface area (Å²) in [5.41, 5.74) is -0.0197. The SMILES string of the molecule is COC(=O)C1=CCC2[C@@]3(C(=O)OC)C(c4ccccc4)=C(C(=O)OC)CCC3[C@@]2(C(=O)OC)[C@@H]1c1ccccc1. The molecule has 0 heterocycles. The lowest BCUT2D eigenvalue weighted by Gasteiger charge is -2.70. The van der Waals surface area contributed by atoms with Crippen molar-refractivity contribution in [2.75, 3.05) is 28.4 Å². The van der Waals surface area contributed by atoms with E-state index in [0.717, 1.165) is 5.56 Å². The van der Waals surface area contributed by atoms with E-state index in [1.165, 1.54) is 28.4 Å². The average Bonchev–Trinajstić information content (AvgIpc) is 3.01. The van der Waals surface area contributed by atoms with Crippen molar-refractivity contribution in [3.05, 3.63) is 89.0 Å². The lowest BCUT2D eigenvalue weighted by Crippen LogP contribution is -2.75. The number of allylic oxidation sites excluding steroid dienone is 1. The smallest absolute Gasteiger partial charge is 0.334 e. The maximum Gasteiger partial charge on any atom is 0.334 e. The fraction of sp³-hybridized carbons (Fsp3) is 0.375. The van der Waals surface area contributed by atoms with Crippen LogP contribution >= 0.6 is 0 Å². The van der Waals surface area contributed by atoms with Crippen LogP contribution < -0.4 is 0 Å². The summed E-state index contributed by atoms with van der Waals surface area (Å²) >= 11 is 0. The van der Waals surface area contributed by atoms with Crippen molar-refractivity contribution in [1.29, 1.82) is 0 Å². The Balaban J connectivity index is 1.87. The highest BCUT2D eigenvalue weighted by Gasteiger charge is 2.82. The molecule has 8 nitrogen and oxygen atoms in total. The van der Waals surface area contributed by atoms with E-state index in [1.807, 2.05) is 60.7 Å². The molecule has 0 N–H and O–H groups in total. The summed E-state index contributed by atoms with van der Waals surface area (Å²) in [5.74, 6) is -4.20. The van der Waals surface area contributed by atoms with Crippen LogP contribution in [0.15, 0.2) is 77.9 Å². The molecule has 208 valence electrons. The van der Waals surface area contributed by atoms with Crippen LogP contribution in [0.1, 0.15) is 36.3 Å². The van der Waals surface area contributed by atoms with E-state index in [9.17, 15) is 19.2 Å². The van der Waals surface area contributed by atoms with E-state index in [2.05, 4.69) is 0 Å². The van der Waals surface area contributed by atoms with Gasteiger partial charge in [-0.25, -0.2) is 9.59 Å². The number of methoxy groups -OCH3 is 4. The summed E-state index contributed by atoms with van der Waals surface area (Å²) in [6, 6.07) is 18.5. The molecule has 5 atom stereocenters. The van der Waals surface area contributed by atoms with Crippen molar-refractivity contribution >= 4 is 29.5 Å². The Morgan fingerprint density at radius 3 is 1.90 bits per heavy atom. The van der Waals surface area contributed by atoms with Gasteiger partial charge in [-0.3, -0.25) is 9.59 Å². The number of fused-ring (bicyclic) bond motifs is 4. The predicted octanol–water partition coefficient (Wildman–Crippen LogP) is 4.26. The zero-order valence-corrected chi connectivity index (χ0v) is 23.0. The molecule has 0 aliphatic heterocycles. The van der Waals surface area contributed by atoms with Crippen molar-refractivity contribution in [3.63, 3.8) is 0 Å². The summed E-state index contributed by atoms with van der Waals surface area (Å²) < 4.78 is 21.3. The molecule has 2 unspecified atom stereocenters. The van der Waals surface area contributed by atoms with E-state index in [4.69, 9.17) is 18.9 Å². The van der Waals surface area contributed by atoms with Gasteiger partial charge in [0.1, 0.15) is 5.41 Å². The molecule has 5 rings (SSSR count). The van der Waals surface area contributed by atoms with Crippen molar-refractivity contribution in [2.24, 2.45) is 22.7 Å². The van der Waals surface area contributed by atoms with E-state index in [0.29, 0.717) is 28.7 Å². The molecule has 1 fully saturated rings. The van der Waals surface area contributed by atoms with Gasteiger partial charge in [-0.15, -0.1) is 0 Å². The van der Waals surface area contributed by atoms with Gasteiger partial charge in [0, 0.05) is 23.0 Å². The Bertz CT molecular complexity index is 1410. The first-order valence-electron chi connectivity index (χ1n) is 13.2. The number of hydrogen-bond acceptors (Lipinski definition) is 8. The minimum Gasteiger partial charge on any atom is -0.469 e. The van der Waals surface area contributed by atoms with Crippen LogP contribution in [-0.4, -0.2) is 52.3 Å². The topological polar surface area (TPSA) is 105 Å². The maximum atomic E-state index is 14.2. The zero-order valence-electron chi connectivity index (χ0n) is 23.0. The summed E-state index contributed by atoms with van der Waals surface area (Å²) in [4.78, 5) is 54.6. The molecule has 3 aliphatic rings. The van der Waals surface area contributed by atoms with Crippen LogP contribution in [0.25, 0.3) is 5.57 Å². The van der Waals surface area contributed by atoms with Gasteiger partial charge in [-0.2, -0.15) is 0 Å². The van der Waals surface area contributed by atoms with Crippen LogP contribution in [0.3, 0.4) is 0 Å². The van der Waals surface area contributed by atoms with E-state index < -0.39 is 52.5 Å². The van der Waals surface area contributed by atoms with Gasteiger partial charge < -0.3 is 18.9 Å². The van der Waals surface area contributed by atoms with Crippen molar-refractivity contribution < 1.29 is 38.1 Å². The number of esters is 4. The number of carbonyl (C=O) groups excluding carboxylic acids is 4. The van der Waals surface area contributed by atoms with Gasteiger partial charge in [0.15, 0.2) is 0 Å². The van der Waals surface area contributed by atoms with Gasteiger partial charge in [0.2, 0.25) is 0 Å². The Kier molecular flexibility index (Phi) is 7.12. The minimum atomic E-state index is -1.36. The highest BCUT2D eigenvalue weighted by atomic mass is 16.5. The minimum absolute atomic E-state index is 0.194. The van der Waals surface area contributed by atoms with Gasteiger partial charge in [0.05, 0.1) is 33.9 Å². The number of ether oxygens (including phenoxy) is 4. The first kappa shape index (κ1) is 27.4. The largest absolute Gasteiger partial charge is 0.469 e. The third-order valence-electron chi connectivity index (χ3n) is 9.12. The maximum absolute atomic E-state index is 14.2. The first-order valence-corrected chi connectivity index (χ1v) is 13.2. The quantitative estimate of drug-likeness (QED) is 0.393. The van der Waals surface area contributed by atoms with E-state index >= 15 is 0 Å². The Labute approximate surface area is 232 Å². The van der Waals surface area contributed by atoms with Gasteiger partial charge in [0.25, 0.3) is 0 Å². The molecule has 2 aromatic rings. The third-order valence-corrected chi connectivity index (χ3v) is 9.12. The molecule has 0 spiro atoms. The van der Waals surface area contributed by atoms with Gasteiger partial charge >= 0.3 is 23.9 Å². The fourth-order valence-electron chi connectivity index (χ4n) is 7.92. The highest BCUT2D eigenvalue weighted by molar-refractivity contribution is 6.09. The standard InChI is InChI=1S/C32H32O8/c1-37-27(33)21-15-17-23-31(29(35)39-3,25(21)19-11-7-5-8-12-19)24-18-16-22(28(34)38-2)26(20-13-9-6-10-14-20)32(23,24)30(36)40-4/h5-15,23-25H,16-18H2,1-4H3/t23?,24?,25-,31-,32+/m1/s1.